The van der Waals surface area contributed by atoms with Crippen molar-refractivity contribution in [3.8, 4) is 0 Å². The fraction of sp³-hybridized carbons (Fsp3) is 0.571. The van der Waals surface area contributed by atoms with E-state index in [0.29, 0.717) is 23.7 Å². The van der Waals surface area contributed by atoms with Crippen molar-refractivity contribution in [2.24, 2.45) is 0 Å². The summed E-state index contributed by atoms with van der Waals surface area (Å²) in [4.78, 5) is 2.29. The highest BCUT2D eigenvalue weighted by atomic mass is 32.2. The van der Waals surface area contributed by atoms with E-state index in [-0.39, 0.29) is 6.04 Å². The van der Waals surface area contributed by atoms with Crippen LogP contribution < -0.4 is 5.73 Å². The van der Waals surface area contributed by atoms with E-state index in [1.807, 2.05) is 39.8 Å². The number of nitrogens with two attached hydrogens (primary N) is 1. The van der Waals surface area contributed by atoms with Crippen molar-refractivity contribution in [2.45, 2.75) is 31.7 Å². The minimum Gasteiger partial charge on any atom is -0.399 e. The SMILES string of the molecule is CCN(C(C)CN(C)C)S(=O)(=O)c1ccc(N)c(C)c1. The van der Waals surface area contributed by atoms with E-state index in [1.54, 1.807) is 18.2 Å². The second-order valence-electron chi connectivity index (χ2n) is 5.34. The molecule has 114 valence electrons. The lowest BCUT2D eigenvalue weighted by atomic mass is 10.2. The first kappa shape index (κ1) is 16.9. The van der Waals surface area contributed by atoms with Crippen molar-refractivity contribution in [3.63, 3.8) is 0 Å². The highest BCUT2D eigenvalue weighted by Crippen LogP contribution is 2.22. The third-order valence-corrected chi connectivity index (χ3v) is 5.37. The Labute approximate surface area is 122 Å². The molecule has 1 atom stereocenters. The van der Waals surface area contributed by atoms with Crippen LogP contribution in [-0.4, -0.2) is 50.8 Å². The molecule has 0 bridgehead atoms. The number of rotatable bonds is 6. The van der Waals surface area contributed by atoms with E-state index in [2.05, 4.69) is 0 Å². The van der Waals surface area contributed by atoms with E-state index in [1.165, 1.54) is 4.31 Å². The molecule has 0 saturated carbocycles. The topological polar surface area (TPSA) is 66.6 Å². The van der Waals surface area contributed by atoms with Crippen LogP contribution in [0.1, 0.15) is 19.4 Å². The van der Waals surface area contributed by atoms with Crippen LogP contribution in [-0.2, 0) is 10.0 Å². The minimum absolute atomic E-state index is 0.0853. The van der Waals surface area contributed by atoms with Crippen molar-refractivity contribution in [1.29, 1.82) is 0 Å². The Bertz CT molecular complexity index is 556. The lowest BCUT2D eigenvalue weighted by Gasteiger charge is -2.29. The fourth-order valence-electron chi connectivity index (χ4n) is 2.28. The molecule has 0 amide bonds. The van der Waals surface area contributed by atoms with E-state index in [0.717, 1.165) is 5.56 Å². The lowest BCUT2D eigenvalue weighted by molar-refractivity contribution is 0.271. The Morgan fingerprint density at radius 2 is 1.90 bits per heavy atom. The number of hydrogen-bond acceptors (Lipinski definition) is 4. The summed E-state index contributed by atoms with van der Waals surface area (Å²) >= 11 is 0. The van der Waals surface area contributed by atoms with E-state index >= 15 is 0 Å². The zero-order chi connectivity index (χ0) is 15.5. The first-order chi connectivity index (χ1) is 9.20. The van der Waals surface area contributed by atoms with Gasteiger partial charge in [0.1, 0.15) is 0 Å². The fourth-order valence-corrected chi connectivity index (χ4v) is 4.00. The number of likely N-dealkylation sites (N-methyl/N-ethyl adjacent to an activating group) is 2. The molecular formula is C14H25N3O2S. The molecule has 5 nitrogen and oxygen atoms in total. The predicted molar refractivity (Wildman–Crippen MR) is 83.2 cm³/mol. The highest BCUT2D eigenvalue weighted by Gasteiger charge is 2.28. The Morgan fingerprint density at radius 3 is 2.35 bits per heavy atom. The highest BCUT2D eigenvalue weighted by molar-refractivity contribution is 7.89. The Kier molecular flexibility index (Phi) is 5.56. The third kappa shape index (κ3) is 3.71. The summed E-state index contributed by atoms with van der Waals surface area (Å²) in [5, 5.41) is 0. The molecule has 6 heteroatoms. The zero-order valence-corrected chi connectivity index (χ0v) is 13.7. The summed E-state index contributed by atoms with van der Waals surface area (Å²) < 4.78 is 27.0. The van der Waals surface area contributed by atoms with Gasteiger partial charge in [-0.2, -0.15) is 4.31 Å². The summed E-state index contributed by atoms with van der Waals surface area (Å²) in [7, 11) is 0.386. The van der Waals surface area contributed by atoms with Gasteiger partial charge < -0.3 is 10.6 Å². The molecule has 0 heterocycles. The maximum Gasteiger partial charge on any atom is 0.243 e. The van der Waals surface area contributed by atoms with Crippen molar-refractivity contribution in [1.82, 2.24) is 9.21 Å². The zero-order valence-electron chi connectivity index (χ0n) is 12.9. The number of nitrogen functional groups attached to an aromatic ring is 1. The Balaban J connectivity index is 3.14. The molecule has 0 aromatic heterocycles. The van der Waals surface area contributed by atoms with Crippen molar-refractivity contribution >= 4 is 15.7 Å². The van der Waals surface area contributed by atoms with Gasteiger partial charge in [-0.15, -0.1) is 0 Å². The average Bonchev–Trinajstić information content (AvgIpc) is 2.31. The molecule has 0 saturated heterocycles. The number of hydrogen-bond donors (Lipinski definition) is 1. The smallest absolute Gasteiger partial charge is 0.243 e. The number of aryl methyl sites for hydroxylation is 1. The van der Waals surface area contributed by atoms with Crippen LogP contribution in [0, 0.1) is 6.92 Å². The summed E-state index contributed by atoms with van der Waals surface area (Å²) in [6.07, 6.45) is 0. The number of sulfonamides is 1. The van der Waals surface area contributed by atoms with Gasteiger partial charge in [0.2, 0.25) is 10.0 Å². The van der Waals surface area contributed by atoms with E-state index < -0.39 is 10.0 Å². The number of benzene rings is 1. The summed E-state index contributed by atoms with van der Waals surface area (Å²) in [5.41, 5.74) is 7.14. The van der Waals surface area contributed by atoms with Crippen molar-refractivity contribution < 1.29 is 8.42 Å². The molecule has 0 spiro atoms. The van der Waals surface area contributed by atoms with Gasteiger partial charge in [0, 0.05) is 24.8 Å². The van der Waals surface area contributed by atoms with Crippen LogP contribution in [0.2, 0.25) is 0 Å². The molecule has 20 heavy (non-hydrogen) atoms. The number of nitrogens with zero attached hydrogens (tertiary/aromatic N) is 2. The molecule has 2 N–H and O–H groups in total. The molecule has 0 aliphatic carbocycles. The standard InChI is InChI=1S/C14H25N3O2S/c1-6-17(12(3)10-16(4)5)20(18,19)13-7-8-14(15)11(2)9-13/h7-9,12H,6,10,15H2,1-5H3. The second-order valence-corrected chi connectivity index (χ2v) is 7.23. The van der Waals surface area contributed by atoms with E-state index in [4.69, 9.17) is 5.73 Å². The Hall–Kier alpha value is -1.11. The summed E-state index contributed by atoms with van der Waals surface area (Å²) in [6.45, 7) is 6.72. The third-order valence-electron chi connectivity index (χ3n) is 3.28. The monoisotopic (exact) mass is 299 g/mol. The van der Waals surface area contributed by atoms with Gasteiger partial charge in [-0.05, 0) is 51.7 Å². The Morgan fingerprint density at radius 1 is 1.30 bits per heavy atom. The van der Waals surface area contributed by atoms with Crippen molar-refractivity contribution in [2.75, 3.05) is 32.9 Å². The van der Waals surface area contributed by atoms with Gasteiger partial charge in [-0.3, -0.25) is 0 Å². The minimum atomic E-state index is -3.48. The molecule has 1 aromatic rings. The van der Waals surface area contributed by atoms with Gasteiger partial charge in [-0.25, -0.2) is 8.42 Å². The van der Waals surface area contributed by atoms with Gasteiger partial charge in [0.15, 0.2) is 0 Å². The van der Waals surface area contributed by atoms with Gasteiger partial charge in [-0.1, -0.05) is 6.92 Å². The molecule has 0 aliphatic rings. The van der Waals surface area contributed by atoms with Crippen LogP contribution in [0.3, 0.4) is 0 Å². The molecule has 1 aromatic carbocycles. The number of anilines is 1. The normalized spacial score (nSPS) is 13.9. The van der Waals surface area contributed by atoms with Crippen LogP contribution in [0.15, 0.2) is 23.1 Å². The van der Waals surface area contributed by atoms with E-state index in [9.17, 15) is 8.42 Å². The average molecular weight is 299 g/mol. The largest absolute Gasteiger partial charge is 0.399 e. The van der Waals surface area contributed by atoms with Crippen LogP contribution >= 0.6 is 0 Å². The van der Waals surface area contributed by atoms with Crippen LogP contribution in [0.25, 0.3) is 0 Å². The maximum atomic E-state index is 12.7. The van der Waals surface area contributed by atoms with Gasteiger partial charge in [0.25, 0.3) is 0 Å². The molecule has 1 unspecified atom stereocenters. The summed E-state index contributed by atoms with van der Waals surface area (Å²) in [6, 6.07) is 4.77. The second kappa shape index (κ2) is 6.56. The van der Waals surface area contributed by atoms with Crippen LogP contribution in [0.4, 0.5) is 5.69 Å². The first-order valence-corrected chi connectivity index (χ1v) is 8.16. The molecule has 0 aliphatic heterocycles. The molecule has 1 rings (SSSR count). The van der Waals surface area contributed by atoms with Gasteiger partial charge >= 0.3 is 0 Å². The molecular weight excluding hydrogens is 274 g/mol. The first-order valence-electron chi connectivity index (χ1n) is 6.72. The quantitative estimate of drug-likeness (QED) is 0.809. The summed E-state index contributed by atoms with van der Waals surface area (Å²) in [5.74, 6) is 0. The maximum absolute atomic E-state index is 12.7. The van der Waals surface area contributed by atoms with Crippen molar-refractivity contribution in [3.05, 3.63) is 23.8 Å². The van der Waals surface area contributed by atoms with Crippen LogP contribution in [0.5, 0.6) is 0 Å². The van der Waals surface area contributed by atoms with Gasteiger partial charge in [0.05, 0.1) is 4.90 Å². The predicted octanol–water partition coefficient (Wildman–Crippen LogP) is 1.54. The lowest BCUT2D eigenvalue weighted by Crippen LogP contribution is -2.43. The molecule has 0 fully saturated rings. The molecule has 0 radical (unpaired) electrons.